The summed E-state index contributed by atoms with van der Waals surface area (Å²) in [5.74, 6) is -1.85. The van der Waals surface area contributed by atoms with Gasteiger partial charge in [0, 0.05) is 61.7 Å². The van der Waals surface area contributed by atoms with Gasteiger partial charge in [-0.05, 0) is 140 Å². The number of nitrogen functional groups attached to an aromatic ring is 1. The Labute approximate surface area is 530 Å². The molecule has 0 radical (unpaired) electrons. The zero-order valence-electron chi connectivity index (χ0n) is 44.4. The van der Waals surface area contributed by atoms with Crippen molar-refractivity contribution >= 4 is 80.8 Å². The number of pyridine rings is 3. The van der Waals surface area contributed by atoms with Gasteiger partial charge in [0.25, 0.3) is 28.4 Å². The molecule has 3 aromatic heterocycles. The van der Waals surface area contributed by atoms with E-state index in [4.69, 9.17) is 34.7 Å². The molecule has 20 nitrogen and oxygen atoms in total. The zero-order chi connectivity index (χ0) is 63.8. The summed E-state index contributed by atoms with van der Waals surface area (Å²) in [6.45, 7) is 3.65. The van der Waals surface area contributed by atoms with Gasteiger partial charge in [0.05, 0.1) is 50.6 Å². The van der Waals surface area contributed by atoms with Gasteiger partial charge in [-0.15, -0.1) is 0 Å². The van der Waals surface area contributed by atoms with Crippen LogP contribution < -0.4 is 28.3 Å². The van der Waals surface area contributed by atoms with E-state index in [1.54, 1.807) is 13.0 Å². The molecule has 3 heterocycles. The van der Waals surface area contributed by atoms with Crippen LogP contribution in [0.1, 0.15) is 99.8 Å². The number of aromatic nitrogens is 3. The van der Waals surface area contributed by atoms with Crippen molar-refractivity contribution in [2.45, 2.75) is 60.8 Å². The number of carbonyl (C=O) groups is 5. The summed E-state index contributed by atoms with van der Waals surface area (Å²) in [5, 5.41) is 24.8. The van der Waals surface area contributed by atoms with Gasteiger partial charge in [-0.25, -0.2) is 15.0 Å². The van der Waals surface area contributed by atoms with Crippen molar-refractivity contribution in [1.29, 1.82) is 0 Å². The number of nitrogens with zero attached hydrogens (tertiary/aromatic N) is 5. The number of benzene rings is 4. The number of nitrogens with two attached hydrogens (primary N) is 2. The molecular weight excluding hydrogens is 1370 g/mol. The number of hydrogen-bond donors (Lipinski definition) is 5. The molecule has 496 valence electrons. The number of nitro groups is 2. The summed E-state index contributed by atoms with van der Waals surface area (Å²) < 4.78 is 151. The SMILES string of the molecule is C.C.C.CCOC(C)=O.N.NC(=O)c1ccc(C(F)(F)F)cc1.Nc1ccc(NC(=O)c2ccc(C(F)(F)F)cc2)nc1.O=C(Cl)c1ccc(C(F)(F)F)cc1.O=C(Nc1ccc([N+](=O)[O-])cn1)c1ccc(C(F)(F)F)cc1.O=[N+]([O-])c1ccc(Cl)nc1.[CH3-].[Pd]. The largest absolute Gasteiger partial charge is 0.466 e. The molecule has 0 spiro atoms. The van der Waals surface area contributed by atoms with E-state index >= 15 is 0 Å². The van der Waals surface area contributed by atoms with E-state index < -0.39 is 79.8 Å². The van der Waals surface area contributed by atoms with Crippen molar-refractivity contribution < 1.29 is 112 Å². The number of hydrogen-bond acceptors (Lipinski definition) is 15. The smallest absolute Gasteiger partial charge is 0.416 e. The number of alkyl halides is 12. The van der Waals surface area contributed by atoms with E-state index in [0.29, 0.717) is 12.3 Å². The number of amides is 3. The molecule has 7 rings (SSSR count). The number of ether oxygens (including phenoxy) is 1. The molecule has 0 atom stereocenters. The Bertz CT molecular complexity index is 3250. The van der Waals surface area contributed by atoms with E-state index in [0.717, 1.165) is 116 Å². The van der Waals surface area contributed by atoms with Crippen molar-refractivity contribution in [3.63, 3.8) is 0 Å². The number of rotatable bonds is 9. The molecule has 9 N–H and O–H groups in total. The van der Waals surface area contributed by atoms with E-state index in [9.17, 15) is 96.9 Å². The molecule has 90 heavy (non-hydrogen) atoms. The second-order valence-electron chi connectivity index (χ2n) is 15.5. The van der Waals surface area contributed by atoms with Gasteiger partial charge in [0.15, 0.2) is 0 Å². The second-order valence-corrected chi connectivity index (χ2v) is 16.2. The number of esters is 1. The molecule has 0 unspecified atom stereocenters. The van der Waals surface area contributed by atoms with Crippen LogP contribution >= 0.6 is 23.2 Å². The molecule has 0 bridgehead atoms. The van der Waals surface area contributed by atoms with E-state index in [1.807, 2.05) is 0 Å². The number of primary amides is 1. The van der Waals surface area contributed by atoms with E-state index in [-0.39, 0.29) is 113 Å². The van der Waals surface area contributed by atoms with Gasteiger partial charge in [0.2, 0.25) is 5.91 Å². The monoisotopic (exact) mass is 1420 g/mol. The van der Waals surface area contributed by atoms with E-state index in [1.165, 1.54) is 37.4 Å². The third-order valence-electron chi connectivity index (χ3n) is 9.38. The number of carbonyl (C=O) groups excluding carboxylic acids is 5. The standard InChI is InChI=1S/C13H8F3N3O3.C13H10F3N3O.C8H4ClF3O.C8H6F3NO.C5H3ClN2O2.C4H8O2.3CH4.CH3.H3N.Pd/c14-13(15,16)9-3-1-8(2-4-9)12(20)18-11-6-5-10(7-17-11)19(21)22;14-13(15,16)9-3-1-8(2-4-9)12(20)19-11-6-5-10(17)7-18-11;9-7(13)5-1-3-6(4-2-5)8(10,11)12;9-8(10,11)6-3-1-5(2-4-6)7(12)13;6-5-2-1-4(3-7-5)8(9)10;1-3-6-4(2)5;;;;;;/h1-7H,(H,17,18,20);1-7H,17H2,(H,18,19,20);1-4H;1-4H,(H2,12,13);1-3H;3H2,1-2H3;3*1H4;2*1H3;/q;;;;;;;;;-1;;. The first-order chi connectivity index (χ1) is 38.9. The molecular formula is C55H57Cl2F12N10O10Pd-. The van der Waals surface area contributed by atoms with Gasteiger partial charge >= 0.3 is 30.7 Å². The van der Waals surface area contributed by atoms with Gasteiger partial charge < -0.3 is 40.4 Å². The number of halogens is 14. The van der Waals surface area contributed by atoms with Crippen LogP contribution in [0.2, 0.25) is 5.15 Å². The second kappa shape index (κ2) is 41.1. The Morgan fingerprint density at radius 1 is 0.522 bits per heavy atom. The summed E-state index contributed by atoms with van der Waals surface area (Å²) in [5.41, 5.74) is 7.41. The van der Waals surface area contributed by atoms with Gasteiger partial charge in [-0.1, -0.05) is 33.9 Å². The predicted molar refractivity (Wildman–Crippen MR) is 310 cm³/mol. The molecule has 3 amide bonds. The summed E-state index contributed by atoms with van der Waals surface area (Å²) >= 11 is 10.4. The molecule has 0 aliphatic carbocycles. The molecule has 4 aromatic carbocycles. The Morgan fingerprint density at radius 2 is 0.822 bits per heavy atom. The van der Waals surface area contributed by atoms with Crippen LogP contribution in [0.5, 0.6) is 0 Å². The van der Waals surface area contributed by atoms with Crippen molar-refractivity contribution in [1.82, 2.24) is 21.1 Å². The predicted octanol–water partition coefficient (Wildman–Crippen LogP) is 15.8. The zero-order valence-corrected chi connectivity index (χ0v) is 47.5. The maximum atomic E-state index is 12.4. The molecule has 0 saturated heterocycles. The maximum absolute atomic E-state index is 12.4. The normalized spacial score (nSPS) is 10.0. The van der Waals surface area contributed by atoms with Crippen molar-refractivity contribution in [3.05, 3.63) is 229 Å². The Morgan fingerprint density at radius 3 is 1.04 bits per heavy atom. The fourth-order valence-electron chi connectivity index (χ4n) is 5.34. The minimum Gasteiger partial charge on any atom is -0.466 e. The molecule has 0 fully saturated rings. The minimum absolute atomic E-state index is 0. The third kappa shape index (κ3) is 33.3. The molecule has 7 aromatic rings. The summed E-state index contributed by atoms with van der Waals surface area (Å²) in [4.78, 5) is 84.8. The van der Waals surface area contributed by atoms with Gasteiger partial charge in [-0.2, -0.15) is 52.7 Å². The first-order valence-corrected chi connectivity index (χ1v) is 23.2. The van der Waals surface area contributed by atoms with Gasteiger partial charge in [0.1, 0.15) is 29.2 Å². The fourth-order valence-corrected chi connectivity index (χ4v) is 5.58. The number of nitrogens with one attached hydrogen (secondary N) is 2. The maximum Gasteiger partial charge on any atom is 0.416 e. The summed E-state index contributed by atoms with van der Waals surface area (Å²) in [7, 11) is 0. The Balaban J connectivity index is -0.000000329. The third-order valence-corrected chi connectivity index (χ3v) is 9.83. The van der Waals surface area contributed by atoms with Crippen molar-refractivity contribution in [3.8, 4) is 0 Å². The Kier molecular flexibility index (Phi) is 40.9. The van der Waals surface area contributed by atoms with Crippen molar-refractivity contribution in [2.24, 2.45) is 5.73 Å². The minimum atomic E-state index is -4.48. The van der Waals surface area contributed by atoms with Crippen LogP contribution in [-0.4, -0.2) is 60.3 Å². The van der Waals surface area contributed by atoms with Crippen molar-refractivity contribution in [2.75, 3.05) is 23.0 Å². The summed E-state index contributed by atoms with van der Waals surface area (Å²) in [6, 6.07) is 23.1. The topological polar surface area (TPSA) is 331 Å². The molecule has 0 aliphatic heterocycles. The molecule has 0 saturated carbocycles. The van der Waals surface area contributed by atoms with E-state index in [2.05, 4.69) is 30.3 Å². The van der Waals surface area contributed by atoms with Crippen LogP contribution in [0.4, 0.5) is 81.4 Å². The van der Waals surface area contributed by atoms with Gasteiger partial charge in [-0.3, -0.25) is 44.2 Å². The average molecular weight is 1420 g/mol. The van der Waals surface area contributed by atoms with Crippen LogP contribution in [0.3, 0.4) is 0 Å². The average Bonchev–Trinajstić information content (AvgIpc) is 1.44. The Hall–Kier alpha value is -9.16. The molecule has 0 aliphatic rings. The van der Waals surface area contributed by atoms with Crippen LogP contribution in [0, 0.1) is 27.7 Å². The first kappa shape index (κ1) is 89.6. The van der Waals surface area contributed by atoms with Crippen LogP contribution in [0.15, 0.2) is 152 Å². The number of anilines is 3. The quantitative estimate of drug-likeness (QED) is 0.0131. The van der Waals surface area contributed by atoms with Crippen LogP contribution in [0.25, 0.3) is 0 Å². The fraction of sp³-hybridized carbons (Fsp3) is 0.182. The molecule has 35 heteroatoms. The van der Waals surface area contributed by atoms with Crippen LogP contribution in [-0.2, 0) is 54.7 Å². The first-order valence-electron chi connectivity index (χ1n) is 22.5. The summed E-state index contributed by atoms with van der Waals surface area (Å²) in [6.07, 6.45) is -14.2.